The molecule has 18 nitrogen and oxygen atoms in total. The number of aliphatic hydroxyl groups excluding tert-OH is 1. The lowest BCUT2D eigenvalue weighted by Crippen LogP contribution is -2.61. The second-order valence-corrected chi connectivity index (χ2v) is 13.9. The highest BCUT2D eigenvalue weighted by molar-refractivity contribution is 7.79. The number of alkyl halides is 1. The van der Waals surface area contributed by atoms with Crippen molar-refractivity contribution in [1.29, 1.82) is 0 Å². The van der Waals surface area contributed by atoms with Gasteiger partial charge in [-0.2, -0.15) is 0 Å². The number of ether oxygens (including phenoxy) is 2. The van der Waals surface area contributed by atoms with Crippen LogP contribution in [0.25, 0.3) is 11.2 Å². The smallest absolute Gasteiger partial charge is 0.264 e. The maximum Gasteiger partial charge on any atom is 0.264 e. The molecule has 5 aliphatic rings. The quantitative estimate of drug-likeness (QED) is 0.219. The summed E-state index contributed by atoms with van der Waals surface area (Å²) in [5.74, 6) is -2.60. The van der Waals surface area contributed by atoms with E-state index in [1.54, 1.807) is 0 Å². The van der Waals surface area contributed by atoms with Crippen molar-refractivity contribution in [2.24, 2.45) is 5.92 Å². The number of aliphatic hydroxyl groups is 1. The fourth-order valence-electron chi connectivity index (χ4n) is 5.92. The predicted octanol–water partition coefficient (Wildman–Crippen LogP) is -1.15. The Hall–Kier alpha value is -2.51. The number of nitrogens with zero attached hydrogens (tertiary/aromatic N) is 5. The van der Waals surface area contributed by atoms with Crippen molar-refractivity contribution < 1.29 is 55.4 Å². The molecule has 4 unspecified atom stereocenters. The lowest BCUT2D eigenvalue weighted by atomic mass is 10.0. The van der Waals surface area contributed by atoms with E-state index >= 15 is 4.39 Å². The van der Waals surface area contributed by atoms with Crippen molar-refractivity contribution in [3.05, 3.63) is 24.7 Å². The van der Waals surface area contributed by atoms with Gasteiger partial charge in [0, 0.05) is 6.20 Å². The van der Waals surface area contributed by atoms with E-state index in [9.17, 15) is 23.4 Å². The van der Waals surface area contributed by atoms with Gasteiger partial charge in [-0.05, 0) is 0 Å². The Kier molecular flexibility index (Phi) is 7.83. The van der Waals surface area contributed by atoms with Crippen molar-refractivity contribution in [3.63, 3.8) is 0 Å². The first-order valence-corrected chi connectivity index (χ1v) is 16.7. The zero-order chi connectivity index (χ0) is 31.8. The summed E-state index contributed by atoms with van der Waals surface area (Å²) in [4.78, 5) is 25.4. The van der Waals surface area contributed by atoms with Crippen LogP contribution < -0.4 is 16.4 Å². The van der Waals surface area contributed by atoms with Crippen LogP contribution in [0.2, 0.25) is 0 Å². The molecule has 0 aromatic carbocycles. The molecule has 0 aliphatic carbocycles. The minimum absolute atomic E-state index is 0.00607. The van der Waals surface area contributed by atoms with Gasteiger partial charge in [0.15, 0.2) is 30.1 Å². The number of carbonyl (C=O) groups excluding carboxylic acids is 1. The van der Waals surface area contributed by atoms with Gasteiger partial charge in [-0.3, -0.25) is 23.8 Å². The number of nitrogens with one attached hydrogen (secondary N) is 2. The lowest BCUT2D eigenvalue weighted by molar-refractivity contribution is -0.133. The molecule has 0 saturated carbocycles. The van der Waals surface area contributed by atoms with Crippen LogP contribution in [0.15, 0.2) is 24.7 Å². The van der Waals surface area contributed by atoms with Gasteiger partial charge in [0.2, 0.25) is 21.0 Å². The van der Waals surface area contributed by atoms with Crippen molar-refractivity contribution in [3.8, 4) is 0 Å². The molecular weight excluding hydrogens is 646 g/mol. The molecule has 0 bridgehead atoms. The number of anilines is 1. The standard InChI is InChI=1S/C21H24B2F2N8O10P2/c22-44(36)39-3-9-15(13(34)21(41-9)32-1-7(24)10-17(32)28-5-30-19(10)35)43-45(23,37)38-2-8-14(42-44)11(25)20(40-8)33-6-31-12-16(26)27-4-29-18(12)33/h1,4,6,8-11,13-15,17,20-21,28,34H,2-3,5H2,(H,30,35)(H2,26,27,29)/t8-,9-,10?,11+,13+,14?,15?,17?,20-,21-,44-,45+/m1/s1. The van der Waals surface area contributed by atoms with Gasteiger partial charge in [0.05, 0.1) is 26.2 Å². The number of nitrogens with two attached hydrogens (primary N) is 1. The molecule has 4 radical (unpaired) electrons. The molecule has 45 heavy (non-hydrogen) atoms. The van der Waals surface area contributed by atoms with Crippen LogP contribution in [0, 0.1) is 5.92 Å². The monoisotopic (exact) mass is 670 g/mol. The van der Waals surface area contributed by atoms with Crippen molar-refractivity contribution >= 4 is 53.0 Å². The maximum absolute atomic E-state index is 15.9. The maximum atomic E-state index is 15.9. The first-order valence-electron chi connectivity index (χ1n) is 13.5. The molecule has 4 fully saturated rings. The normalized spacial score (nSPS) is 43.9. The number of fused-ring (bicyclic) bond motifs is 4. The first kappa shape index (κ1) is 31.1. The molecule has 7 rings (SSSR count). The fourth-order valence-corrected chi connectivity index (χ4v) is 7.94. The molecule has 5 aliphatic heterocycles. The Morgan fingerprint density at radius 1 is 1.04 bits per heavy atom. The fraction of sp³-hybridized carbons (Fsp3) is 0.619. The average Bonchev–Trinajstić information content (AvgIpc) is 3.71. The molecule has 238 valence electrons. The van der Waals surface area contributed by atoms with Crippen molar-refractivity contribution in [2.45, 2.75) is 55.3 Å². The highest BCUT2D eigenvalue weighted by Crippen LogP contribution is 2.53. The van der Waals surface area contributed by atoms with Gasteiger partial charge in [-0.25, -0.2) is 23.7 Å². The van der Waals surface area contributed by atoms with Crippen LogP contribution >= 0.6 is 14.9 Å². The molecule has 7 heterocycles. The Labute approximate surface area is 255 Å². The van der Waals surface area contributed by atoms with Crippen LogP contribution in [-0.2, 0) is 41.5 Å². The second kappa shape index (κ2) is 11.3. The molecule has 12 atom stereocenters. The van der Waals surface area contributed by atoms with Crippen molar-refractivity contribution in [2.75, 3.05) is 25.6 Å². The van der Waals surface area contributed by atoms with Gasteiger partial charge in [0.1, 0.15) is 60.3 Å². The minimum atomic E-state index is -4.61. The molecule has 5 N–H and O–H groups in total. The number of imidazole rings is 1. The van der Waals surface area contributed by atoms with Crippen LogP contribution in [0.3, 0.4) is 0 Å². The summed E-state index contributed by atoms with van der Waals surface area (Å²) in [6, 6.07) is 0. The summed E-state index contributed by atoms with van der Waals surface area (Å²) in [5.41, 5.74) is 6.10. The third-order valence-electron chi connectivity index (χ3n) is 7.97. The van der Waals surface area contributed by atoms with Gasteiger partial charge < -0.3 is 48.6 Å². The number of rotatable bonds is 2. The SMILES string of the molecule is [B][P@]1(=O)OC[C@H]2O[C@@H](n3cnc4c(N)ncnc43)[C@@H](F)C2O[P@]([B])(=O)OC[C@H]2O[C@@H](N3C=C(F)C4C(=O)NCNC43)[C@@H](O)C2O1. The van der Waals surface area contributed by atoms with E-state index in [4.69, 9.17) is 48.4 Å². The van der Waals surface area contributed by atoms with E-state index in [0.29, 0.717) is 0 Å². The molecule has 2 aromatic rings. The van der Waals surface area contributed by atoms with Crippen LogP contribution in [0.4, 0.5) is 14.6 Å². The largest absolute Gasteiger partial charge is 0.386 e. The number of nitrogen functional groups attached to an aromatic ring is 1. The lowest BCUT2D eigenvalue weighted by Gasteiger charge is -2.37. The zero-order valence-electron chi connectivity index (χ0n) is 22.9. The highest BCUT2D eigenvalue weighted by atomic mass is 31.2. The molecule has 0 spiro atoms. The van der Waals surface area contributed by atoms with Crippen LogP contribution in [0.5, 0.6) is 0 Å². The van der Waals surface area contributed by atoms with Crippen LogP contribution in [-0.4, -0.2) is 120 Å². The van der Waals surface area contributed by atoms with Gasteiger partial charge in [0.25, 0.3) is 14.9 Å². The Balaban J connectivity index is 1.13. The number of hydrogen-bond donors (Lipinski definition) is 4. The number of hydrogen-bond acceptors (Lipinski definition) is 16. The Bertz CT molecular complexity index is 1640. The van der Waals surface area contributed by atoms with Gasteiger partial charge in [-0.1, -0.05) is 0 Å². The van der Waals surface area contributed by atoms with Crippen molar-refractivity contribution in [1.82, 2.24) is 35.1 Å². The summed E-state index contributed by atoms with van der Waals surface area (Å²) in [6.07, 6.45) is -10.4. The summed E-state index contributed by atoms with van der Waals surface area (Å²) >= 11 is 0. The zero-order valence-corrected chi connectivity index (χ0v) is 24.7. The Morgan fingerprint density at radius 2 is 1.71 bits per heavy atom. The molecular formula is C21H24B2F2N8O10P2. The van der Waals surface area contributed by atoms with E-state index in [2.05, 4.69) is 25.6 Å². The predicted molar refractivity (Wildman–Crippen MR) is 146 cm³/mol. The number of amides is 1. The van der Waals surface area contributed by atoms with E-state index in [-0.39, 0.29) is 23.7 Å². The van der Waals surface area contributed by atoms with Crippen LogP contribution in [0.1, 0.15) is 6.23 Å². The Morgan fingerprint density at radius 3 is 2.44 bits per heavy atom. The minimum Gasteiger partial charge on any atom is -0.386 e. The topological polar surface area (TPSA) is 224 Å². The first-order chi connectivity index (χ1) is 21.3. The number of carbonyl (C=O) groups is 1. The van der Waals surface area contributed by atoms with Gasteiger partial charge in [-0.15, -0.1) is 0 Å². The summed E-state index contributed by atoms with van der Waals surface area (Å²) in [7, 11) is 2.49. The third kappa shape index (κ3) is 5.50. The summed E-state index contributed by atoms with van der Waals surface area (Å²) in [5, 5.41) is 16.6. The van der Waals surface area contributed by atoms with Gasteiger partial charge >= 0.3 is 0 Å². The second-order valence-electron chi connectivity index (χ2n) is 10.8. The summed E-state index contributed by atoms with van der Waals surface area (Å²) < 4.78 is 91.6. The van der Waals surface area contributed by atoms with E-state index in [1.807, 2.05) is 0 Å². The third-order valence-corrected chi connectivity index (χ3v) is 10.1. The van der Waals surface area contributed by atoms with E-state index < -0.39 is 101 Å². The van der Waals surface area contributed by atoms with E-state index in [1.165, 1.54) is 15.8 Å². The molecule has 2 aromatic heterocycles. The molecule has 24 heteroatoms. The highest BCUT2D eigenvalue weighted by Gasteiger charge is 2.56. The average molecular weight is 670 g/mol. The number of aromatic nitrogens is 4. The molecule has 4 saturated heterocycles. The number of halogens is 2. The summed E-state index contributed by atoms with van der Waals surface area (Å²) in [6.45, 7) is -1.43. The molecule has 1 amide bonds. The van der Waals surface area contributed by atoms with E-state index in [0.717, 1.165) is 12.5 Å².